The maximum atomic E-state index is 12.7. The van der Waals surface area contributed by atoms with Gasteiger partial charge < -0.3 is 11.1 Å². The molecule has 1 fully saturated rings. The van der Waals surface area contributed by atoms with Crippen LogP contribution in [0.25, 0.3) is 22.0 Å². The fourth-order valence-corrected chi connectivity index (χ4v) is 3.98. The van der Waals surface area contributed by atoms with E-state index in [2.05, 4.69) is 15.5 Å². The molecule has 6 nitrogen and oxygen atoms in total. The summed E-state index contributed by atoms with van der Waals surface area (Å²) in [4.78, 5) is 24.7. The summed E-state index contributed by atoms with van der Waals surface area (Å²) in [5, 5.41) is 11.2. The number of fused-ring (bicyclic) bond motifs is 1. The number of benzene rings is 2. The Morgan fingerprint density at radius 2 is 1.82 bits per heavy atom. The van der Waals surface area contributed by atoms with Crippen LogP contribution in [0.5, 0.6) is 0 Å². The number of hydrogen-bond donors (Lipinski definition) is 3. The maximum Gasteiger partial charge on any atom is 0.272 e. The molecule has 3 aromatic rings. The van der Waals surface area contributed by atoms with Gasteiger partial charge in [-0.2, -0.15) is 5.10 Å². The van der Waals surface area contributed by atoms with E-state index in [1.807, 2.05) is 42.5 Å². The van der Waals surface area contributed by atoms with Crippen LogP contribution in [0.15, 0.2) is 53.3 Å². The Balaban J connectivity index is 1.57. The average Bonchev–Trinajstić information content (AvgIpc) is 2.74. The van der Waals surface area contributed by atoms with Crippen molar-refractivity contribution in [2.75, 3.05) is 11.9 Å². The number of amides is 1. The first-order valence-corrected chi connectivity index (χ1v) is 9.74. The Morgan fingerprint density at radius 3 is 2.57 bits per heavy atom. The molecular weight excluding hydrogens is 352 g/mol. The van der Waals surface area contributed by atoms with E-state index in [4.69, 9.17) is 5.73 Å². The predicted octanol–water partition coefficient (Wildman–Crippen LogP) is 3.29. The number of rotatable bonds is 4. The molecular formula is C22H24N4O2. The highest BCUT2D eigenvalue weighted by Crippen LogP contribution is 2.30. The Morgan fingerprint density at radius 1 is 1.07 bits per heavy atom. The Labute approximate surface area is 163 Å². The second kappa shape index (κ2) is 7.94. The first-order valence-electron chi connectivity index (χ1n) is 9.74. The van der Waals surface area contributed by atoms with E-state index in [0.717, 1.165) is 42.3 Å². The molecule has 0 saturated heterocycles. The van der Waals surface area contributed by atoms with Crippen LogP contribution in [-0.4, -0.2) is 22.6 Å². The van der Waals surface area contributed by atoms with Crippen molar-refractivity contribution in [2.24, 2.45) is 17.6 Å². The number of carbonyl (C=O) groups excluding carboxylic acids is 1. The van der Waals surface area contributed by atoms with E-state index in [1.54, 1.807) is 6.07 Å². The standard InChI is InChI=1S/C22H24N4O2/c23-13-14-8-10-15(11-9-14)21(27)24-17-5-3-4-16(12-17)20-18-6-1-2-7-19(18)22(28)26-25-20/h1-7,12,14-15H,8-11,13,23H2,(H,24,27)(H,26,28). The zero-order valence-electron chi connectivity index (χ0n) is 15.7. The Kier molecular flexibility index (Phi) is 5.21. The van der Waals surface area contributed by atoms with Gasteiger partial charge in [0.1, 0.15) is 0 Å². The second-order valence-electron chi connectivity index (χ2n) is 7.47. The maximum absolute atomic E-state index is 12.7. The number of nitrogens with one attached hydrogen (secondary N) is 2. The smallest absolute Gasteiger partial charge is 0.272 e. The summed E-state index contributed by atoms with van der Waals surface area (Å²) in [6, 6.07) is 15.0. The molecule has 0 aliphatic heterocycles. The summed E-state index contributed by atoms with van der Waals surface area (Å²) >= 11 is 0. The first kappa shape index (κ1) is 18.4. The zero-order valence-corrected chi connectivity index (χ0v) is 15.7. The third kappa shape index (κ3) is 3.68. The molecule has 1 aromatic heterocycles. The van der Waals surface area contributed by atoms with Crippen molar-refractivity contribution in [3.05, 3.63) is 58.9 Å². The number of aromatic nitrogens is 2. The minimum atomic E-state index is -0.211. The molecule has 0 atom stereocenters. The minimum absolute atomic E-state index is 0.0403. The van der Waals surface area contributed by atoms with Gasteiger partial charge in [-0.3, -0.25) is 9.59 Å². The number of hydrogen-bond acceptors (Lipinski definition) is 4. The van der Waals surface area contributed by atoms with Gasteiger partial charge in [0, 0.05) is 22.6 Å². The molecule has 2 aromatic carbocycles. The third-order valence-corrected chi connectivity index (χ3v) is 5.65. The largest absolute Gasteiger partial charge is 0.330 e. The van der Waals surface area contributed by atoms with E-state index >= 15 is 0 Å². The number of aromatic amines is 1. The van der Waals surface area contributed by atoms with Crippen molar-refractivity contribution < 1.29 is 4.79 Å². The zero-order chi connectivity index (χ0) is 19.5. The van der Waals surface area contributed by atoms with Crippen molar-refractivity contribution in [2.45, 2.75) is 25.7 Å². The molecule has 0 bridgehead atoms. The van der Waals surface area contributed by atoms with Crippen molar-refractivity contribution in [3.63, 3.8) is 0 Å². The van der Waals surface area contributed by atoms with E-state index in [9.17, 15) is 9.59 Å². The van der Waals surface area contributed by atoms with Crippen LogP contribution >= 0.6 is 0 Å². The number of nitrogens with zero attached hydrogens (tertiary/aromatic N) is 1. The highest BCUT2D eigenvalue weighted by Gasteiger charge is 2.25. The molecule has 28 heavy (non-hydrogen) atoms. The highest BCUT2D eigenvalue weighted by molar-refractivity contribution is 5.96. The first-order chi connectivity index (χ1) is 13.7. The van der Waals surface area contributed by atoms with Gasteiger partial charge in [0.05, 0.1) is 11.1 Å². The lowest BCUT2D eigenvalue weighted by Crippen LogP contribution is -2.29. The quantitative estimate of drug-likeness (QED) is 0.650. The lowest BCUT2D eigenvalue weighted by molar-refractivity contribution is -0.121. The second-order valence-corrected chi connectivity index (χ2v) is 7.47. The van der Waals surface area contributed by atoms with Gasteiger partial charge in [-0.15, -0.1) is 0 Å². The van der Waals surface area contributed by atoms with Crippen molar-refractivity contribution in [1.82, 2.24) is 10.2 Å². The molecule has 0 spiro atoms. The lowest BCUT2D eigenvalue weighted by atomic mass is 9.81. The fourth-order valence-electron chi connectivity index (χ4n) is 3.98. The van der Waals surface area contributed by atoms with Gasteiger partial charge in [-0.05, 0) is 56.3 Å². The van der Waals surface area contributed by atoms with Gasteiger partial charge >= 0.3 is 0 Å². The van der Waals surface area contributed by atoms with Crippen molar-refractivity contribution in [3.8, 4) is 11.3 Å². The monoisotopic (exact) mass is 376 g/mol. The van der Waals surface area contributed by atoms with Crippen LogP contribution in [0.4, 0.5) is 5.69 Å². The molecule has 0 unspecified atom stereocenters. The molecule has 4 N–H and O–H groups in total. The summed E-state index contributed by atoms with van der Waals surface area (Å²) in [5.74, 6) is 0.650. The Bertz CT molecular complexity index is 1050. The van der Waals surface area contributed by atoms with E-state index in [0.29, 0.717) is 23.5 Å². The highest BCUT2D eigenvalue weighted by atomic mass is 16.2. The molecule has 1 saturated carbocycles. The lowest BCUT2D eigenvalue weighted by Gasteiger charge is -2.26. The van der Waals surface area contributed by atoms with Crippen LogP contribution in [0, 0.1) is 11.8 Å². The SMILES string of the molecule is NCC1CCC(C(=O)Nc2cccc(-c3n[nH]c(=O)c4ccccc34)c2)CC1. The number of anilines is 1. The topological polar surface area (TPSA) is 101 Å². The summed E-state index contributed by atoms with van der Waals surface area (Å²) < 4.78 is 0. The summed E-state index contributed by atoms with van der Waals surface area (Å²) in [6.07, 6.45) is 3.81. The normalized spacial score (nSPS) is 19.5. The molecule has 4 rings (SSSR count). The average molecular weight is 376 g/mol. The van der Waals surface area contributed by atoms with Crippen molar-refractivity contribution >= 4 is 22.4 Å². The number of carbonyl (C=O) groups is 1. The number of H-pyrrole nitrogens is 1. The van der Waals surface area contributed by atoms with E-state index in [1.165, 1.54) is 0 Å². The van der Waals surface area contributed by atoms with Crippen LogP contribution < -0.4 is 16.6 Å². The van der Waals surface area contributed by atoms with E-state index in [-0.39, 0.29) is 17.4 Å². The van der Waals surface area contributed by atoms with Gasteiger partial charge in [0.2, 0.25) is 5.91 Å². The minimum Gasteiger partial charge on any atom is -0.330 e. The Hall–Kier alpha value is -2.99. The summed E-state index contributed by atoms with van der Waals surface area (Å²) in [7, 11) is 0. The molecule has 144 valence electrons. The number of nitrogens with two attached hydrogens (primary N) is 1. The molecule has 1 amide bonds. The van der Waals surface area contributed by atoms with Gasteiger partial charge in [0.25, 0.3) is 5.56 Å². The van der Waals surface area contributed by atoms with Crippen LogP contribution in [-0.2, 0) is 4.79 Å². The summed E-state index contributed by atoms with van der Waals surface area (Å²) in [5.41, 5.74) is 7.80. The third-order valence-electron chi connectivity index (χ3n) is 5.65. The fraction of sp³-hybridized carbons (Fsp3) is 0.318. The molecule has 1 heterocycles. The van der Waals surface area contributed by atoms with E-state index < -0.39 is 0 Å². The van der Waals surface area contributed by atoms with Gasteiger partial charge in [-0.25, -0.2) is 5.10 Å². The van der Waals surface area contributed by atoms with Crippen LogP contribution in [0.3, 0.4) is 0 Å². The van der Waals surface area contributed by atoms with Crippen LogP contribution in [0.2, 0.25) is 0 Å². The molecule has 6 heteroatoms. The van der Waals surface area contributed by atoms with Crippen LogP contribution in [0.1, 0.15) is 25.7 Å². The summed E-state index contributed by atoms with van der Waals surface area (Å²) in [6.45, 7) is 0.705. The predicted molar refractivity (Wildman–Crippen MR) is 111 cm³/mol. The van der Waals surface area contributed by atoms with Gasteiger partial charge in [0.15, 0.2) is 0 Å². The van der Waals surface area contributed by atoms with Gasteiger partial charge in [-0.1, -0.05) is 30.3 Å². The molecule has 0 radical (unpaired) electrons. The molecule has 1 aliphatic rings. The molecule has 1 aliphatic carbocycles. The van der Waals surface area contributed by atoms with Crippen molar-refractivity contribution in [1.29, 1.82) is 0 Å².